The van der Waals surface area contributed by atoms with Crippen LogP contribution >= 0.6 is 0 Å². The molecule has 3 aromatic heterocycles. The Kier molecular flexibility index (Phi) is 2.36. The second kappa shape index (κ2) is 4.40. The second-order valence-corrected chi connectivity index (χ2v) is 5.81. The fraction of sp³-hybridized carbons (Fsp3) is 0.176. The van der Waals surface area contributed by atoms with E-state index in [2.05, 4.69) is 20.6 Å². The van der Waals surface area contributed by atoms with E-state index < -0.39 is 0 Å². The van der Waals surface area contributed by atoms with Crippen molar-refractivity contribution >= 4 is 22.1 Å². The Morgan fingerprint density at radius 3 is 2.87 bits per heavy atom. The van der Waals surface area contributed by atoms with E-state index in [1.165, 1.54) is 0 Å². The van der Waals surface area contributed by atoms with Crippen LogP contribution in [0.5, 0.6) is 0 Å². The topological polar surface area (TPSA) is 72.3 Å². The maximum Gasteiger partial charge on any atom is 0.216 e. The highest BCUT2D eigenvalue weighted by molar-refractivity contribution is 5.81. The molecule has 3 heterocycles. The van der Waals surface area contributed by atoms with Crippen LogP contribution in [-0.2, 0) is 0 Å². The summed E-state index contributed by atoms with van der Waals surface area (Å²) in [5.41, 5.74) is 4.40. The first-order chi connectivity index (χ1) is 11.3. The van der Waals surface area contributed by atoms with Gasteiger partial charge in [0.1, 0.15) is 11.8 Å². The number of imidazole rings is 2. The van der Waals surface area contributed by atoms with Crippen LogP contribution in [0, 0.1) is 11.3 Å². The predicted octanol–water partition coefficient (Wildman–Crippen LogP) is 2.98. The van der Waals surface area contributed by atoms with Crippen molar-refractivity contribution in [2.24, 2.45) is 0 Å². The number of benzene rings is 1. The average molecular weight is 300 g/mol. The molecule has 0 saturated heterocycles. The van der Waals surface area contributed by atoms with Crippen molar-refractivity contribution in [3.8, 4) is 12.0 Å². The van der Waals surface area contributed by atoms with Crippen molar-refractivity contribution < 1.29 is 0 Å². The molecule has 0 spiro atoms. The van der Waals surface area contributed by atoms with Crippen LogP contribution in [0.4, 0.5) is 0 Å². The molecule has 23 heavy (non-hydrogen) atoms. The van der Waals surface area contributed by atoms with Crippen molar-refractivity contribution in [3.05, 3.63) is 48.5 Å². The highest BCUT2D eigenvalue weighted by Gasteiger charge is 2.29. The third kappa shape index (κ3) is 1.77. The first-order valence-corrected chi connectivity index (χ1v) is 7.55. The lowest BCUT2D eigenvalue weighted by atomic mass is 10.2. The normalized spacial score (nSPS) is 14.4. The molecule has 6 nitrogen and oxygen atoms in total. The van der Waals surface area contributed by atoms with Crippen LogP contribution < -0.4 is 0 Å². The van der Waals surface area contributed by atoms with Gasteiger partial charge < -0.3 is 4.57 Å². The van der Waals surface area contributed by atoms with Gasteiger partial charge in [-0.15, -0.1) is 0 Å². The second-order valence-electron chi connectivity index (χ2n) is 5.81. The first kappa shape index (κ1) is 12.4. The fourth-order valence-corrected chi connectivity index (χ4v) is 3.04. The molecule has 0 atom stereocenters. The van der Waals surface area contributed by atoms with Crippen LogP contribution in [0.25, 0.3) is 28.0 Å². The maximum atomic E-state index is 9.17. The van der Waals surface area contributed by atoms with Crippen molar-refractivity contribution in [1.29, 1.82) is 5.26 Å². The molecule has 0 aliphatic heterocycles. The fourth-order valence-electron chi connectivity index (χ4n) is 3.04. The minimum absolute atomic E-state index is 0.447. The van der Waals surface area contributed by atoms with E-state index in [0.29, 0.717) is 11.6 Å². The molecule has 5 rings (SSSR count). The Balaban J connectivity index is 1.84. The van der Waals surface area contributed by atoms with Crippen LogP contribution in [0.2, 0.25) is 0 Å². The zero-order chi connectivity index (χ0) is 15.4. The molecular formula is C17H12N6. The van der Waals surface area contributed by atoms with Gasteiger partial charge in [0, 0.05) is 12.2 Å². The number of aromatic nitrogens is 5. The lowest BCUT2D eigenvalue weighted by Crippen LogP contribution is -2.04. The zero-order valence-corrected chi connectivity index (χ0v) is 12.2. The van der Waals surface area contributed by atoms with Crippen molar-refractivity contribution in [2.75, 3.05) is 0 Å². The van der Waals surface area contributed by atoms with E-state index in [0.717, 1.165) is 40.9 Å². The minimum Gasteiger partial charge on any atom is -0.306 e. The SMILES string of the molecule is N#Cc1ccc2nc(-n3cnc4cnccc43)n(C3CC3)c2c1. The molecule has 1 aliphatic carbocycles. The Morgan fingerprint density at radius 1 is 1.13 bits per heavy atom. The number of rotatable bonds is 2. The van der Waals surface area contributed by atoms with Gasteiger partial charge in [0.15, 0.2) is 0 Å². The lowest BCUT2D eigenvalue weighted by molar-refractivity contribution is 0.728. The number of pyridine rings is 1. The standard InChI is InChI=1S/C17H12N6/c18-8-11-1-4-13-16(7-11)23(12-2-3-12)17(21-13)22-10-20-14-9-19-6-5-15(14)22/h1,4-7,9-10,12H,2-3H2. The Morgan fingerprint density at radius 2 is 2.04 bits per heavy atom. The predicted molar refractivity (Wildman–Crippen MR) is 85.1 cm³/mol. The number of nitriles is 1. The molecular weight excluding hydrogens is 288 g/mol. The summed E-state index contributed by atoms with van der Waals surface area (Å²) in [6.45, 7) is 0. The van der Waals surface area contributed by atoms with Gasteiger partial charge in [-0.2, -0.15) is 5.26 Å². The van der Waals surface area contributed by atoms with E-state index in [1.807, 2.05) is 28.8 Å². The molecule has 1 aromatic carbocycles. The van der Waals surface area contributed by atoms with Crippen LogP contribution in [-0.4, -0.2) is 24.1 Å². The third-order valence-corrected chi connectivity index (χ3v) is 4.28. The van der Waals surface area contributed by atoms with Crippen LogP contribution in [0.3, 0.4) is 0 Å². The van der Waals surface area contributed by atoms with Gasteiger partial charge in [0.25, 0.3) is 0 Å². The smallest absolute Gasteiger partial charge is 0.216 e. The van der Waals surface area contributed by atoms with Crippen molar-refractivity contribution in [2.45, 2.75) is 18.9 Å². The van der Waals surface area contributed by atoms with Gasteiger partial charge >= 0.3 is 0 Å². The van der Waals surface area contributed by atoms with Crippen molar-refractivity contribution in [1.82, 2.24) is 24.1 Å². The average Bonchev–Trinajstić information content (AvgIpc) is 3.22. The number of fused-ring (bicyclic) bond motifs is 2. The summed E-state index contributed by atoms with van der Waals surface area (Å²) < 4.78 is 4.24. The molecule has 1 fully saturated rings. The number of hydrogen-bond donors (Lipinski definition) is 0. The van der Waals surface area contributed by atoms with Gasteiger partial charge in [-0.3, -0.25) is 9.55 Å². The summed E-state index contributed by atoms with van der Waals surface area (Å²) in [4.78, 5) is 13.3. The quantitative estimate of drug-likeness (QED) is 0.570. The minimum atomic E-state index is 0.447. The van der Waals surface area contributed by atoms with Crippen LogP contribution in [0.1, 0.15) is 24.4 Å². The monoisotopic (exact) mass is 300 g/mol. The summed E-state index contributed by atoms with van der Waals surface area (Å²) in [6, 6.07) is 10.2. The summed E-state index contributed by atoms with van der Waals surface area (Å²) in [7, 11) is 0. The summed E-state index contributed by atoms with van der Waals surface area (Å²) in [6.07, 6.45) is 7.59. The van der Waals surface area contributed by atoms with Gasteiger partial charge in [0.05, 0.1) is 34.4 Å². The molecule has 1 saturated carbocycles. The molecule has 0 amide bonds. The molecule has 0 N–H and O–H groups in total. The highest BCUT2D eigenvalue weighted by Crippen LogP contribution is 2.40. The molecule has 1 aliphatic rings. The summed E-state index contributed by atoms with van der Waals surface area (Å²) in [5.74, 6) is 0.853. The highest BCUT2D eigenvalue weighted by atomic mass is 15.3. The molecule has 4 aromatic rings. The Bertz CT molecular complexity index is 1090. The van der Waals surface area contributed by atoms with E-state index in [1.54, 1.807) is 18.7 Å². The van der Waals surface area contributed by atoms with Crippen LogP contribution in [0.15, 0.2) is 43.0 Å². The maximum absolute atomic E-state index is 9.17. The largest absolute Gasteiger partial charge is 0.306 e. The van der Waals surface area contributed by atoms with Gasteiger partial charge in [-0.05, 0) is 37.1 Å². The first-order valence-electron chi connectivity index (χ1n) is 7.55. The number of hydrogen-bond acceptors (Lipinski definition) is 4. The van der Waals surface area contributed by atoms with Crippen molar-refractivity contribution in [3.63, 3.8) is 0 Å². The summed E-state index contributed by atoms with van der Waals surface area (Å²) >= 11 is 0. The zero-order valence-electron chi connectivity index (χ0n) is 12.2. The molecule has 0 unspecified atom stereocenters. The lowest BCUT2D eigenvalue weighted by Gasteiger charge is -2.08. The Labute approximate surface area is 131 Å². The molecule has 110 valence electrons. The molecule has 0 bridgehead atoms. The van der Waals surface area contributed by atoms with E-state index in [9.17, 15) is 5.26 Å². The van der Waals surface area contributed by atoms with E-state index >= 15 is 0 Å². The summed E-state index contributed by atoms with van der Waals surface area (Å²) in [5, 5.41) is 9.17. The van der Waals surface area contributed by atoms with E-state index in [4.69, 9.17) is 4.98 Å². The third-order valence-electron chi connectivity index (χ3n) is 4.28. The molecule has 0 radical (unpaired) electrons. The number of nitrogens with zero attached hydrogens (tertiary/aromatic N) is 6. The van der Waals surface area contributed by atoms with Gasteiger partial charge in [-0.25, -0.2) is 9.97 Å². The molecule has 6 heteroatoms. The van der Waals surface area contributed by atoms with Gasteiger partial charge in [-0.1, -0.05) is 0 Å². The van der Waals surface area contributed by atoms with E-state index in [-0.39, 0.29) is 0 Å². The Hall–Kier alpha value is -3.20. The van der Waals surface area contributed by atoms with Gasteiger partial charge in [0.2, 0.25) is 5.95 Å².